The lowest BCUT2D eigenvalue weighted by molar-refractivity contribution is -0.401. The van der Waals surface area contributed by atoms with Gasteiger partial charge in [0, 0.05) is 42.7 Å². The first-order valence-corrected chi connectivity index (χ1v) is 11.7. The van der Waals surface area contributed by atoms with Crippen molar-refractivity contribution in [1.29, 1.82) is 0 Å². The topological polar surface area (TPSA) is 15.5 Å². The number of allylic oxidation sites excluding steroid dienone is 1. The highest BCUT2D eigenvalue weighted by atomic mass is 32.2. The molecule has 158 valence electrons. The van der Waals surface area contributed by atoms with E-state index < -0.39 is 0 Å². The number of rotatable bonds is 7. The van der Waals surface area contributed by atoms with Gasteiger partial charge in [-0.3, -0.25) is 0 Å². The molecule has 0 amide bonds. The Hall–Kier alpha value is -2.11. The molecule has 0 N–H and O–H groups in total. The lowest BCUT2D eigenvalue weighted by Crippen LogP contribution is -2.26. The molecule has 0 spiro atoms. The van der Waals surface area contributed by atoms with E-state index in [1.165, 1.54) is 28.2 Å². The molecule has 0 unspecified atom stereocenters. The summed E-state index contributed by atoms with van der Waals surface area (Å²) < 4.78 is 8.25. The Kier molecular flexibility index (Phi) is 7.37. The van der Waals surface area contributed by atoms with Crippen LogP contribution in [0.1, 0.15) is 31.9 Å². The van der Waals surface area contributed by atoms with Crippen molar-refractivity contribution in [2.45, 2.75) is 26.2 Å². The van der Waals surface area contributed by atoms with E-state index >= 15 is 0 Å². The zero-order valence-corrected chi connectivity index (χ0v) is 20.1. The molecule has 1 aliphatic heterocycles. The van der Waals surface area contributed by atoms with Crippen molar-refractivity contribution in [2.24, 2.45) is 0 Å². The molecule has 2 aromatic rings. The minimum atomic E-state index is 0.00172. The van der Waals surface area contributed by atoms with Crippen LogP contribution in [-0.2, 0) is 10.2 Å². The van der Waals surface area contributed by atoms with E-state index in [-0.39, 0.29) is 5.41 Å². The lowest BCUT2D eigenvalue weighted by Gasteiger charge is -2.19. The third-order valence-corrected chi connectivity index (χ3v) is 6.83. The summed E-state index contributed by atoms with van der Waals surface area (Å²) >= 11 is 6.76. The molecule has 0 aliphatic carbocycles. The van der Waals surface area contributed by atoms with E-state index in [0.29, 0.717) is 11.0 Å². The number of benzene rings is 2. The molecule has 1 heterocycles. The van der Waals surface area contributed by atoms with Gasteiger partial charge in [0.05, 0.1) is 12.0 Å². The summed E-state index contributed by atoms with van der Waals surface area (Å²) in [5.74, 6) is 0.914. The summed E-state index contributed by atoms with van der Waals surface area (Å²) in [6.07, 6.45) is 4.46. The standard InChI is InChI=1S/C25H31N2OS2/c1-6-28-24(29)30-18-17-26(4)20-14-11-19(12-15-20)13-16-23-25(2,3)21-9-7-8-10-22(21)27(23)5/h7-16H,6,17-18H2,1-5H3/q+1. The van der Waals surface area contributed by atoms with E-state index in [1.54, 1.807) is 11.8 Å². The maximum absolute atomic E-state index is 5.32. The molecule has 0 radical (unpaired) electrons. The molecule has 5 heteroatoms. The molecule has 2 aromatic carbocycles. The van der Waals surface area contributed by atoms with E-state index in [4.69, 9.17) is 17.0 Å². The van der Waals surface area contributed by atoms with Crippen LogP contribution in [0.5, 0.6) is 0 Å². The molecular weight excluding hydrogens is 408 g/mol. The number of anilines is 1. The fraction of sp³-hybridized carbons (Fsp3) is 0.360. The highest BCUT2D eigenvalue weighted by molar-refractivity contribution is 8.22. The number of ether oxygens (including phenoxy) is 1. The van der Waals surface area contributed by atoms with E-state index in [9.17, 15) is 0 Å². The summed E-state index contributed by atoms with van der Waals surface area (Å²) in [6.45, 7) is 8.10. The van der Waals surface area contributed by atoms with Crippen molar-refractivity contribution in [3.63, 3.8) is 0 Å². The van der Waals surface area contributed by atoms with Crippen LogP contribution >= 0.6 is 24.0 Å². The second kappa shape index (κ2) is 9.80. The van der Waals surface area contributed by atoms with Gasteiger partial charge in [-0.2, -0.15) is 4.58 Å². The van der Waals surface area contributed by atoms with Gasteiger partial charge in [0.15, 0.2) is 5.71 Å². The minimum Gasteiger partial charge on any atom is -0.479 e. The number of thioether (sulfide) groups is 1. The largest absolute Gasteiger partial charge is 0.479 e. The normalized spacial score (nSPS) is 14.8. The summed E-state index contributed by atoms with van der Waals surface area (Å²) in [5.41, 5.74) is 6.39. The molecule has 1 aliphatic rings. The summed E-state index contributed by atoms with van der Waals surface area (Å²) in [7, 11) is 4.26. The Bertz CT molecular complexity index is 961. The Balaban J connectivity index is 1.64. The van der Waals surface area contributed by atoms with E-state index in [0.717, 1.165) is 12.3 Å². The number of hydrogen-bond acceptors (Lipinski definition) is 4. The predicted molar refractivity (Wildman–Crippen MR) is 136 cm³/mol. The summed E-state index contributed by atoms with van der Waals surface area (Å²) in [4.78, 5) is 2.24. The van der Waals surface area contributed by atoms with Crippen LogP contribution in [0.2, 0.25) is 0 Å². The van der Waals surface area contributed by atoms with Gasteiger partial charge in [-0.05, 0) is 56.8 Å². The summed E-state index contributed by atoms with van der Waals surface area (Å²) in [6, 6.07) is 17.4. The van der Waals surface area contributed by atoms with Gasteiger partial charge in [-0.25, -0.2) is 0 Å². The van der Waals surface area contributed by atoms with Crippen LogP contribution in [0.25, 0.3) is 6.08 Å². The van der Waals surface area contributed by atoms with Crippen LogP contribution in [-0.4, -0.2) is 47.7 Å². The molecule has 3 nitrogen and oxygen atoms in total. The zero-order chi connectivity index (χ0) is 21.7. The predicted octanol–water partition coefficient (Wildman–Crippen LogP) is 5.90. The number of thiocarbonyl (C=S) groups is 1. The van der Waals surface area contributed by atoms with Gasteiger partial charge in [0.1, 0.15) is 7.05 Å². The zero-order valence-electron chi connectivity index (χ0n) is 18.5. The van der Waals surface area contributed by atoms with Crippen LogP contribution in [0.15, 0.2) is 54.6 Å². The monoisotopic (exact) mass is 439 g/mol. The minimum absolute atomic E-state index is 0.00172. The van der Waals surface area contributed by atoms with Crippen molar-refractivity contribution in [1.82, 2.24) is 0 Å². The highest BCUT2D eigenvalue weighted by Crippen LogP contribution is 2.39. The Morgan fingerprint density at radius 1 is 1.13 bits per heavy atom. The molecule has 0 atom stereocenters. The van der Waals surface area contributed by atoms with Gasteiger partial charge in [-0.15, -0.1) is 0 Å². The molecule has 30 heavy (non-hydrogen) atoms. The molecular formula is C25H31N2OS2+. The van der Waals surface area contributed by atoms with Crippen LogP contribution in [0.4, 0.5) is 11.4 Å². The Morgan fingerprint density at radius 2 is 1.83 bits per heavy atom. The Labute approximate surface area is 190 Å². The maximum Gasteiger partial charge on any atom is 0.220 e. The van der Waals surface area contributed by atoms with Crippen molar-refractivity contribution in [3.8, 4) is 0 Å². The number of para-hydroxylation sites is 1. The van der Waals surface area contributed by atoms with Crippen molar-refractivity contribution < 1.29 is 9.31 Å². The second-order valence-corrected chi connectivity index (χ2v) is 9.66. The van der Waals surface area contributed by atoms with Gasteiger partial charge >= 0.3 is 0 Å². The smallest absolute Gasteiger partial charge is 0.220 e. The average molecular weight is 440 g/mol. The van der Waals surface area contributed by atoms with Crippen molar-refractivity contribution in [3.05, 3.63) is 65.7 Å². The molecule has 0 saturated carbocycles. The van der Waals surface area contributed by atoms with E-state index in [2.05, 4.69) is 98.1 Å². The molecule has 0 aromatic heterocycles. The molecule has 0 saturated heterocycles. The van der Waals surface area contributed by atoms with Crippen LogP contribution < -0.4 is 4.90 Å². The first kappa shape index (κ1) is 22.6. The molecule has 0 fully saturated rings. The molecule has 3 rings (SSSR count). The van der Waals surface area contributed by atoms with Gasteiger partial charge in [-0.1, -0.05) is 42.1 Å². The average Bonchev–Trinajstić information content (AvgIpc) is 2.93. The fourth-order valence-electron chi connectivity index (χ4n) is 3.87. The van der Waals surface area contributed by atoms with Crippen LogP contribution in [0, 0.1) is 0 Å². The first-order valence-electron chi connectivity index (χ1n) is 10.3. The SMILES string of the molecule is CCOC(=S)SCCN(C)c1ccc(/C=C/C2=[N+](C)c3ccccc3C2(C)C)cc1. The van der Waals surface area contributed by atoms with Crippen LogP contribution in [0.3, 0.4) is 0 Å². The summed E-state index contributed by atoms with van der Waals surface area (Å²) in [5, 5.41) is 0. The van der Waals surface area contributed by atoms with E-state index in [1.807, 2.05) is 6.92 Å². The number of fused-ring (bicyclic) bond motifs is 1. The third-order valence-electron chi connectivity index (χ3n) is 5.62. The Morgan fingerprint density at radius 3 is 2.50 bits per heavy atom. The number of nitrogens with zero attached hydrogens (tertiary/aromatic N) is 2. The van der Waals surface area contributed by atoms with Crippen molar-refractivity contribution in [2.75, 3.05) is 37.9 Å². The first-order chi connectivity index (χ1) is 14.3. The lowest BCUT2D eigenvalue weighted by atomic mass is 9.81. The van der Waals surface area contributed by atoms with Gasteiger partial charge < -0.3 is 9.64 Å². The van der Waals surface area contributed by atoms with Gasteiger partial charge in [0.25, 0.3) is 0 Å². The van der Waals surface area contributed by atoms with Gasteiger partial charge in [0.2, 0.25) is 10.1 Å². The quantitative estimate of drug-likeness (QED) is 0.394. The third kappa shape index (κ3) is 4.96. The fourth-order valence-corrected chi connectivity index (χ4v) is 4.97. The second-order valence-electron chi connectivity index (χ2n) is 7.96. The molecule has 0 bridgehead atoms. The number of hydrogen-bond donors (Lipinski definition) is 0. The highest BCUT2D eigenvalue weighted by Gasteiger charge is 2.42. The maximum atomic E-state index is 5.32. The van der Waals surface area contributed by atoms with Crippen molar-refractivity contribution >= 4 is 51.5 Å².